The van der Waals surface area contributed by atoms with Crippen molar-refractivity contribution < 1.29 is 14.7 Å². The smallest absolute Gasteiger partial charge is 0.407 e. The molecule has 1 atom stereocenters. The van der Waals surface area contributed by atoms with Gasteiger partial charge in [0.2, 0.25) is 0 Å². The van der Waals surface area contributed by atoms with Gasteiger partial charge < -0.3 is 15.7 Å². The van der Waals surface area contributed by atoms with Crippen molar-refractivity contribution in [1.29, 1.82) is 0 Å². The first-order valence-corrected chi connectivity index (χ1v) is 6.82. The van der Waals surface area contributed by atoms with Crippen molar-refractivity contribution in [3.05, 3.63) is 17.0 Å². The maximum Gasteiger partial charge on any atom is 0.407 e. The molecule has 0 bridgehead atoms. The summed E-state index contributed by atoms with van der Waals surface area (Å²) in [7, 11) is 0. The zero-order chi connectivity index (χ0) is 14.7. The van der Waals surface area contributed by atoms with E-state index < -0.39 is 12.1 Å². The molecule has 1 fully saturated rings. The number of nitrogens with two attached hydrogens (primary N) is 1. The Hall–Kier alpha value is -1.90. The first-order valence-electron chi connectivity index (χ1n) is 6.03. The second-order valence-corrected chi connectivity index (χ2v) is 5.25. The number of amides is 3. The molecular formula is C11H14BrN5O3. The molecular weight excluding hydrogens is 330 g/mol. The van der Waals surface area contributed by atoms with E-state index in [9.17, 15) is 9.59 Å². The minimum absolute atomic E-state index is 0.215. The van der Waals surface area contributed by atoms with Crippen LogP contribution in [0.2, 0.25) is 0 Å². The lowest BCUT2D eigenvalue weighted by atomic mass is 10.0. The Kier molecular flexibility index (Phi) is 4.38. The fraction of sp³-hybridized carbons (Fsp3) is 0.455. The minimum Gasteiger partial charge on any atom is -0.465 e. The van der Waals surface area contributed by atoms with Crippen molar-refractivity contribution in [2.45, 2.75) is 18.9 Å². The molecule has 3 amide bonds. The summed E-state index contributed by atoms with van der Waals surface area (Å²) in [5.74, 6) is 0.309. The standard InChI is InChI=1S/C11H14BrN5O3/c12-8-4-14-5-9(15-8)17(10(13)18)7-2-1-3-16(6-7)11(19)20/h4-5,7H,1-3,6H2,(H2,13,18)(H,19,20)/t7-/m0/s1. The number of halogens is 1. The van der Waals surface area contributed by atoms with Crippen molar-refractivity contribution in [2.75, 3.05) is 18.0 Å². The molecule has 0 spiro atoms. The highest BCUT2D eigenvalue weighted by molar-refractivity contribution is 9.10. The highest BCUT2D eigenvalue weighted by Crippen LogP contribution is 2.22. The first-order chi connectivity index (χ1) is 9.49. The average Bonchev–Trinajstić information content (AvgIpc) is 2.39. The monoisotopic (exact) mass is 343 g/mol. The number of anilines is 1. The summed E-state index contributed by atoms with van der Waals surface area (Å²) >= 11 is 3.18. The van der Waals surface area contributed by atoms with Gasteiger partial charge in [0.1, 0.15) is 4.60 Å². The Morgan fingerprint density at radius 3 is 2.85 bits per heavy atom. The summed E-state index contributed by atoms with van der Waals surface area (Å²) < 4.78 is 0.479. The Labute approximate surface area is 123 Å². The molecule has 1 aliphatic rings. The van der Waals surface area contributed by atoms with Gasteiger partial charge in [-0.3, -0.25) is 9.88 Å². The van der Waals surface area contributed by atoms with Crippen LogP contribution in [-0.4, -0.2) is 51.2 Å². The molecule has 0 aromatic carbocycles. The molecule has 20 heavy (non-hydrogen) atoms. The molecule has 8 nitrogen and oxygen atoms in total. The van der Waals surface area contributed by atoms with E-state index in [2.05, 4.69) is 25.9 Å². The van der Waals surface area contributed by atoms with Gasteiger partial charge in [-0.25, -0.2) is 14.6 Å². The van der Waals surface area contributed by atoms with E-state index in [0.717, 1.165) is 0 Å². The maximum atomic E-state index is 11.7. The van der Waals surface area contributed by atoms with Crippen molar-refractivity contribution in [1.82, 2.24) is 14.9 Å². The number of piperidine rings is 1. The van der Waals surface area contributed by atoms with Gasteiger partial charge in [-0.2, -0.15) is 0 Å². The second kappa shape index (κ2) is 6.04. The summed E-state index contributed by atoms with van der Waals surface area (Å²) in [5, 5.41) is 9.05. The lowest BCUT2D eigenvalue weighted by molar-refractivity contribution is 0.130. The SMILES string of the molecule is NC(=O)N(c1cncc(Br)n1)[C@H]1CCCN(C(=O)O)C1. The number of primary amides is 1. The topological polar surface area (TPSA) is 113 Å². The number of likely N-dealkylation sites (tertiary alicyclic amines) is 1. The average molecular weight is 344 g/mol. The van der Waals surface area contributed by atoms with Crippen molar-refractivity contribution >= 4 is 33.9 Å². The zero-order valence-electron chi connectivity index (χ0n) is 10.6. The second-order valence-electron chi connectivity index (χ2n) is 4.43. The summed E-state index contributed by atoms with van der Waals surface area (Å²) in [6.45, 7) is 0.676. The van der Waals surface area contributed by atoms with Crippen molar-refractivity contribution in [3.63, 3.8) is 0 Å². The Morgan fingerprint density at radius 2 is 2.25 bits per heavy atom. The quantitative estimate of drug-likeness (QED) is 0.839. The van der Waals surface area contributed by atoms with Crippen LogP contribution >= 0.6 is 15.9 Å². The molecule has 3 N–H and O–H groups in total. The first kappa shape index (κ1) is 14.5. The largest absolute Gasteiger partial charge is 0.465 e. The van der Waals surface area contributed by atoms with E-state index in [0.29, 0.717) is 29.8 Å². The normalized spacial score (nSPS) is 18.6. The molecule has 9 heteroatoms. The van der Waals surface area contributed by atoms with Crippen molar-refractivity contribution in [3.8, 4) is 0 Å². The van der Waals surface area contributed by atoms with Gasteiger partial charge in [0.25, 0.3) is 0 Å². The fourth-order valence-electron chi connectivity index (χ4n) is 2.27. The van der Waals surface area contributed by atoms with Gasteiger partial charge in [0.15, 0.2) is 5.82 Å². The molecule has 0 saturated carbocycles. The molecule has 1 aromatic rings. The Bertz CT molecular complexity index is 527. The van der Waals surface area contributed by atoms with Crippen molar-refractivity contribution in [2.24, 2.45) is 5.73 Å². The Balaban J connectivity index is 2.25. The number of urea groups is 1. The lowest BCUT2D eigenvalue weighted by Gasteiger charge is -2.36. The number of hydrogen-bond donors (Lipinski definition) is 2. The number of carbonyl (C=O) groups excluding carboxylic acids is 1. The van der Waals surface area contributed by atoms with Crippen LogP contribution < -0.4 is 10.6 Å². The minimum atomic E-state index is -1.00. The number of carboxylic acid groups (broad SMARTS) is 1. The van der Waals surface area contributed by atoms with Gasteiger partial charge in [-0.1, -0.05) is 0 Å². The van der Waals surface area contributed by atoms with Crippen LogP contribution in [0.25, 0.3) is 0 Å². The number of nitrogens with zero attached hydrogens (tertiary/aromatic N) is 4. The van der Waals surface area contributed by atoms with Crippen LogP contribution in [0.4, 0.5) is 15.4 Å². The highest BCUT2D eigenvalue weighted by atomic mass is 79.9. The van der Waals surface area contributed by atoms with E-state index in [1.165, 1.54) is 22.2 Å². The molecule has 1 aliphatic heterocycles. The van der Waals surface area contributed by atoms with E-state index in [-0.39, 0.29) is 12.6 Å². The van der Waals surface area contributed by atoms with Crippen LogP contribution in [-0.2, 0) is 0 Å². The highest BCUT2D eigenvalue weighted by Gasteiger charge is 2.31. The fourth-order valence-corrected chi connectivity index (χ4v) is 2.57. The van der Waals surface area contributed by atoms with E-state index >= 15 is 0 Å². The molecule has 2 rings (SSSR count). The third kappa shape index (κ3) is 3.16. The number of rotatable bonds is 2. The molecule has 108 valence electrons. The van der Waals surface area contributed by atoms with Crippen LogP contribution in [0.1, 0.15) is 12.8 Å². The van der Waals surface area contributed by atoms with Crippen LogP contribution in [0.15, 0.2) is 17.0 Å². The molecule has 1 saturated heterocycles. The van der Waals surface area contributed by atoms with Gasteiger partial charge in [0, 0.05) is 13.1 Å². The Morgan fingerprint density at radius 1 is 1.50 bits per heavy atom. The van der Waals surface area contributed by atoms with Crippen LogP contribution in [0.5, 0.6) is 0 Å². The summed E-state index contributed by atoms with van der Waals surface area (Å²) in [4.78, 5) is 33.4. The van der Waals surface area contributed by atoms with Gasteiger partial charge in [-0.15, -0.1) is 0 Å². The summed E-state index contributed by atoms with van der Waals surface area (Å²) in [5.41, 5.74) is 5.41. The predicted molar refractivity (Wildman–Crippen MR) is 74.4 cm³/mol. The van der Waals surface area contributed by atoms with E-state index in [1.54, 1.807) is 0 Å². The molecule has 1 aromatic heterocycles. The third-order valence-electron chi connectivity index (χ3n) is 3.11. The maximum absolute atomic E-state index is 11.7. The number of hydrogen-bond acceptors (Lipinski definition) is 4. The molecule has 0 unspecified atom stereocenters. The van der Waals surface area contributed by atoms with Gasteiger partial charge in [-0.05, 0) is 28.8 Å². The number of aromatic nitrogens is 2. The van der Waals surface area contributed by atoms with E-state index in [4.69, 9.17) is 10.8 Å². The third-order valence-corrected chi connectivity index (χ3v) is 3.49. The molecule has 0 radical (unpaired) electrons. The zero-order valence-corrected chi connectivity index (χ0v) is 12.2. The van der Waals surface area contributed by atoms with Gasteiger partial charge in [0.05, 0.1) is 18.4 Å². The molecule has 2 heterocycles. The summed E-state index contributed by atoms with van der Waals surface area (Å²) in [6.07, 6.45) is 3.25. The predicted octanol–water partition coefficient (Wildman–Crippen LogP) is 1.27. The number of carbonyl (C=O) groups is 2. The summed E-state index contributed by atoms with van der Waals surface area (Å²) in [6, 6.07) is -1.00. The van der Waals surface area contributed by atoms with Crippen LogP contribution in [0, 0.1) is 0 Å². The lowest BCUT2D eigenvalue weighted by Crippen LogP contribution is -2.53. The molecule has 0 aliphatic carbocycles. The van der Waals surface area contributed by atoms with E-state index in [1.807, 2.05) is 0 Å². The van der Waals surface area contributed by atoms with Crippen LogP contribution in [0.3, 0.4) is 0 Å². The van der Waals surface area contributed by atoms with Gasteiger partial charge >= 0.3 is 12.1 Å².